The molecule has 5 nitrogen and oxygen atoms in total. The molecule has 25 heavy (non-hydrogen) atoms. The van der Waals surface area contributed by atoms with Crippen molar-refractivity contribution in [2.75, 3.05) is 19.6 Å². The Morgan fingerprint density at radius 1 is 1.36 bits per heavy atom. The van der Waals surface area contributed by atoms with Crippen LogP contribution in [0.3, 0.4) is 0 Å². The molecule has 1 N–H and O–H groups in total. The zero-order valence-electron chi connectivity index (χ0n) is 15.6. The van der Waals surface area contributed by atoms with E-state index in [4.69, 9.17) is 11.6 Å². The summed E-state index contributed by atoms with van der Waals surface area (Å²) in [6.45, 7) is 9.91. The first-order valence-electron chi connectivity index (χ1n) is 9.22. The minimum atomic E-state index is 0.264. The highest BCUT2D eigenvalue weighted by Crippen LogP contribution is 2.12. The molecule has 6 heteroatoms. The topological polar surface area (TPSA) is 57.1 Å². The second-order valence-corrected chi connectivity index (χ2v) is 6.44. The number of nitrogens with one attached hydrogen (secondary N) is 1. The first-order chi connectivity index (χ1) is 12.1. The molecule has 0 aromatic heterocycles. The molecule has 0 bridgehead atoms. The van der Waals surface area contributed by atoms with Crippen molar-refractivity contribution in [2.24, 2.45) is 9.98 Å². The zero-order chi connectivity index (χ0) is 18.5. The molecule has 1 amide bonds. The van der Waals surface area contributed by atoms with Crippen molar-refractivity contribution >= 4 is 30.1 Å². The van der Waals surface area contributed by atoms with E-state index in [-0.39, 0.29) is 5.91 Å². The van der Waals surface area contributed by atoms with Crippen LogP contribution in [0.5, 0.6) is 0 Å². The number of likely N-dealkylation sites (tertiary alicyclic amines) is 1. The largest absolute Gasteiger partial charge is 0.364 e. The third kappa shape index (κ3) is 8.34. The van der Waals surface area contributed by atoms with Crippen molar-refractivity contribution < 1.29 is 4.79 Å². The van der Waals surface area contributed by atoms with Gasteiger partial charge in [-0.15, -0.1) is 0 Å². The number of nitrogens with zero attached hydrogens (tertiary/aromatic N) is 3. The number of amides is 1. The molecule has 0 atom stereocenters. The van der Waals surface area contributed by atoms with Crippen LogP contribution in [0.4, 0.5) is 0 Å². The van der Waals surface area contributed by atoms with Crippen molar-refractivity contribution in [1.82, 2.24) is 10.2 Å². The average Bonchev–Trinajstić information content (AvgIpc) is 2.82. The number of allylic oxidation sites excluding steroid dienone is 2. The molecule has 0 aliphatic carbocycles. The van der Waals surface area contributed by atoms with Gasteiger partial charge in [0.25, 0.3) is 0 Å². The van der Waals surface area contributed by atoms with Crippen molar-refractivity contribution in [3.8, 4) is 0 Å². The van der Waals surface area contributed by atoms with Crippen LogP contribution in [-0.4, -0.2) is 43.0 Å². The number of halogens is 1. The summed E-state index contributed by atoms with van der Waals surface area (Å²) in [5.41, 5.74) is 1.11. The Bertz CT molecular complexity index is 526. The highest BCUT2D eigenvalue weighted by atomic mass is 35.5. The second kappa shape index (κ2) is 12.7. The third-order valence-corrected chi connectivity index (χ3v) is 4.38. The zero-order valence-corrected chi connectivity index (χ0v) is 16.3. The van der Waals surface area contributed by atoms with Crippen LogP contribution < -0.4 is 5.32 Å². The van der Waals surface area contributed by atoms with Gasteiger partial charge in [0.1, 0.15) is 5.03 Å². The Kier molecular flexibility index (Phi) is 10.9. The van der Waals surface area contributed by atoms with Crippen LogP contribution in [0.15, 0.2) is 33.0 Å². The Balaban J connectivity index is 2.50. The lowest BCUT2D eigenvalue weighted by molar-refractivity contribution is -0.130. The standard InChI is InChI=1S/C19H31ClN4O/c1-4-10-16(5-2)23-15-17(20)19(21-3)22-12-9-14-24-13-8-6-7-11-18(24)25/h10,15,23H,3-9,11-14H2,1-2H3/b16-10+,17-15+,22-19?. The number of rotatable bonds is 9. The molecule has 1 saturated heterocycles. The van der Waals surface area contributed by atoms with E-state index in [0.717, 1.165) is 57.3 Å². The predicted molar refractivity (Wildman–Crippen MR) is 107 cm³/mol. The smallest absolute Gasteiger partial charge is 0.222 e. The van der Waals surface area contributed by atoms with E-state index in [2.05, 4.69) is 41.9 Å². The fourth-order valence-corrected chi connectivity index (χ4v) is 2.87. The lowest BCUT2D eigenvalue weighted by atomic mass is 10.2. The maximum Gasteiger partial charge on any atom is 0.222 e. The summed E-state index contributed by atoms with van der Waals surface area (Å²) in [4.78, 5) is 22.2. The predicted octanol–water partition coefficient (Wildman–Crippen LogP) is 4.25. The normalized spacial score (nSPS) is 17.5. The summed E-state index contributed by atoms with van der Waals surface area (Å²) in [5, 5.41) is 3.63. The quantitative estimate of drug-likeness (QED) is 0.376. The second-order valence-electron chi connectivity index (χ2n) is 6.04. The van der Waals surface area contributed by atoms with Gasteiger partial charge in [0.15, 0.2) is 5.84 Å². The van der Waals surface area contributed by atoms with Gasteiger partial charge in [-0.05, 0) is 38.8 Å². The van der Waals surface area contributed by atoms with Crippen LogP contribution in [0, 0.1) is 0 Å². The van der Waals surface area contributed by atoms with E-state index >= 15 is 0 Å². The van der Waals surface area contributed by atoms with E-state index in [9.17, 15) is 4.79 Å². The molecular formula is C19H31ClN4O. The van der Waals surface area contributed by atoms with Gasteiger partial charge in [0.2, 0.25) is 5.91 Å². The summed E-state index contributed by atoms with van der Waals surface area (Å²) in [6, 6.07) is 0. The minimum Gasteiger partial charge on any atom is -0.364 e. The fraction of sp³-hybridized carbons (Fsp3) is 0.632. The van der Waals surface area contributed by atoms with E-state index < -0.39 is 0 Å². The van der Waals surface area contributed by atoms with Crippen LogP contribution in [0.2, 0.25) is 0 Å². The molecule has 1 fully saturated rings. The summed E-state index contributed by atoms with van der Waals surface area (Å²) in [6.07, 6.45) is 10.4. The molecule has 0 aromatic carbocycles. The summed E-state index contributed by atoms with van der Waals surface area (Å²) < 4.78 is 0. The molecule has 1 aliphatic heterocycles. The maximum atomic E-state index is 12.0. The molecule has 0 aromatic rings. The Morgan fingerprint density at radius 3 is 2.84 bits per heavy atom. The van der Waals surface area contributed by atoms with Crippen LogP contribution in [0.1, 0.15) is 58.8 Å². The van der Waals surface area contributed by atoms with Gasteiger partial charge in [-0.3, -0.25) is 9.79 Å². The number of hydrogen-bond donors (Lipinski definition) is 1. The SMILES string of the molecule is C=NC(=NCCCN1CCCCCC1=O)/C(Cl)=C\N/C(=C/CC)CC. The van der Waals surface area contributed by atoms with Crippen LogP contribution >= 0.6 is 11.6 Å². The van der Waals surface area contributed by atoms with E-state index in [1.807, 2.05) is 4.90 Å². The van der Waals surface area contributed by atoms with Gasteiger partial charge in [-0.1, -0.05) is 37.9 Å². The molecule has 1 rings (SSSR count). The van der Waals surface area contributed by atoms with Gasteiger partial charge < -0.3 is 10.2 Å². The number of aliphatic imine (C=N–C) groups is 2. The molecule has 140 valence electrons. The van der Waals surface area contributed by atoms with Crippen LogP contribution in [-0.2, 0) is 4.79 Å². The monoisotopic (exact) mass is 366 g/mol. The third-order valence-electron chi connectivity index (χ3n) is 4.10. The molecule has 0 unspecified atom stereocenters. The molecule has 0 radical (unpaired) electrons. The summed E-state index contributed by atoms with van der Waals surface area (Å²) in [5.74, 6) is 0.698. The molecule has 0 spiro atoms. The van der Waals surface area contributed by atoms with E-state index in [0.29, 0.717) is 23.8 Å². The summed E-state index contributed by atoms with van der Waals surface area (Å²) in [7, 11) is 0. The minimum absolute atomic E-state index is 0.264. The van der Waals surface area contributed by atoms with Gasteiger partial charge in [-0.25, -0.2) is 4.99 Å². The first-order valence-corrected chi connectivity index (χ1v) is 9.60. The lowest BCUT2D eigenvalue weighted by Crippen LogP contribution is -2.31. The number of carbonyl (C=O) groups is 1. The Labute approximate surface area is 156 Å². The van der Waals surface area contributed by atoms with E-state index in [1.165, 1.54) is 0 Å². The summed E-state index contributed by atoms with van der Waals surface area (Å²) >= 11 is 6.26. The maximum absolute atomic E-state index is 12.0. The van der Waals surface area contributed by atoms with Crippen molar-refractivity contribution in [3.05, 3.63) is 23.0 Å². The van der Waals surface area contributed by atoms with Crippen molar-refractivity contribution in [1.29, 1.82) is 0 Å². The Hall–Kier alpha value is -1.62. The number of amidine groups is 1. The number of carbonyl (C=O) groups excluding carboxylic acids is 1. The van der Waals surface area contributed by atoms with Gasteiger partial charge in [-0.2, -0.15) is 0 Å². The van der Waals surface area contributed by atoms with Crippen LogP contribution in [0.25, 0.3) is 0 Å². The molecule has 0 saturated carbocycles. The number of hydrogen-bond acceptors (Lipinski definition) is 3. The van der Waals surface area contributed by atoms with Gasteiger partial charge in [0, 0.05) is 38.0 Å². The highest BCUT2D eigenvalue weighted by Gasteiger charge is 2.15. The Morgan fingerprint density at radius 2 is 2.16 bits per heavy atom. The highest BCUT2D eigenvalue weighted by molar-refractivity contribution is 6.43. The van der Waals surface area contributed by atoms with Gasteiger partial charge >= 0.3 is 0 Å². The lowest BCUT2D eigenvalue weighted by Gasteiger charge is -2.19. The first kappa shape index (κ1) is 21.4. The fourth-order valence-electron chi connectivity index (χ4n) is 2.69. The van der Waals surface area contributed by atoms with Crippen molar-refractivity contribution in [2.45, 2.75) is 58.8 Å². The van der Waals surface area contributed by atoms with Gasteiger partial charge in [0.05, 0.1) is 0 Å². The van der Waals surface area contributed by atoms with E-state index in [1.54, 1.807) is 6.20 Å². The molecule has 1 aliphatic rings. The molecular weight excluding hydrogens is 336 g/mol. The van der Waals surface area contributed by atoms with Crippen molar-refractivity contribution in [3.63, 3.8) is 0 Å². The average molecular weight is 367 g/mol. The molecule has 1 heterocycles.